The Morgan fingerprint density at radius 3 is 2.46 bits per heavy atom. The van der Waals surface area contributed by atoms with Crippen LogP contribution >= 0.6 is 0 Å². The van der Waals surface area contributed by atoms with Crippen molar-refractivity contribution in [3.05, 3.63) is 59.7 Å². The van der Waals surface area contributed by atoms with Gasteiger partial charge in [0, 0.05) is 24.7 Å². The van der Waals surface area contributed by atoms with E-state index < -0.39 is 36.4 Å². The Morgan fingerprint density at radius 2 is 1.89 bits per heavy atom. The summed E-state index contributed by atoms with van der Waals surface area (Å²) in [4.78, 5) is 18.0. The van der Waals surface area contributed by atoms with Crippen molar-refractivity contribution in [2.75, 3.05) is 33.4 Å². The number of aromatic nitrogens is 1. The molecule has 2 aromatic rings. The van der Waals surface area contributed by atoms with Crippen molar-refractivity contribution < 1.29 is 41.3 Å². The number of hydrogen-bond acceptors (Lipinski definition) is 6. The molecule has 202 valence electrons. The molecule has 1 spiro atoms. The van der Waals surface area contributed by atoms with Crippen molar-refractivity contribution >= 4 is 6.09 Å². The van der Waals surface area contributed by atoms with Gasteiger partial charge in [0.2, 0.25) is 6.10 Å². The number of carbonyl (C=O) groups is 1. The van der Waals surface area contributed by atoms with Gasteiger partial charge in [0.15, 0.2) is 0 Å². The maximum atomic E-state index is 13.5. The third kappa shape index (κ3) is 7.10. The van der Waals surface area contributed by atoms with Crippen molar-refractivity contribution in [1.82, 2.24) is 9.88 Å². The van der Waals surface area contributed by atoms with E-state index in [1.54, 1.807) is 30.3 Å². The minimum Gasteiger partial charge on any atom is -0.497 e. The summed E-state index contributed by atoms with van der Waals surface area (Å²) >= 11 is 0. The molecule has 0 N–H and O–H groups in total. The first-order valence-electron chi connectivity index (χ1n) is 12.2. The molecule has 0 bridgehead atoms. The Hall–Kier alpha value is -2.92. The quantitative estimate of drug-likeness (QED) is 0.460. The second-order valence-corrected chi connectivity index (χ2v) is 9.40. The summed E-state index contributed by atoms with van der Waals surface area (Å²) in [6.07, 6.45) is -4.45. The normalized spacial score (nSPS) is 20.5. The van der Waals surface area contributed by atoms with Gasteiger partial charge in [-0.15, -0.1) is 0 Å². The van der Waals surface area contributed by atoms with Crippen LogP contribution in [0.25, 0.3) is 0 Å². The van der Waals surface area contributed by atoms with Gasteiger partial charge in [-0.25, -0.2) is 9.18 Å². The van der Waals surface area contributed by atoms with Crippen molar-refractivity contribution in [3.8, 4) is 5.75 Å². The Labute approximate surface area is 212 Å². The third-order valence-electron chi connectivity index (χ3n) is 6.95. The molecule has 2 aliphatic heterocycles. The highest BCUT2D eigenvalue weighted by Gasteiger charge is 2.45. The van der Waals surface area contributed by atoms with Crippen LogP contribution in [0.5, 0.6) is 5.75 Å². The van der Waals surface area contributed by atoms with Gasteiger partial charge >= 0.3 is 12.3 Å². The van der Waals surface area contributed by atoms with E-state index in [2.05, 4.69) is 4.98 Å². The number of nitrogens with zero attached hydrogens (tertiary/aromatic N) is 2. The first-order chi connectivity index (χ1) is 17.7. The smallest absolute Gasteiger partial charge is 0.427 e. The number of rotatable bonds is 7. The highest BCUT2D eigenvalue weighted by atomic mass is 19.4. The summed E-state index contributed by atoms with van der Waals surface area (Å²) < 4.78 is 74.9. The van der Waals surface area contributed by atoms with Crippen LogP contribution in [0.4, 0.5) is 22.4 Å². The zero-order valence-corrected chi connectivity index (χ0v) is 20.5. The third-order valence-corrected chi connectivity index (χ3v) is 6.95. The van der Waals surface area contributed by atoms with Crippen LogP contribution in [0.15, 0.2) is 42.6 Å². The first kappa shape index (κ1) is 27.1. The molecule has 1 aromatic heterocycles. The van der Waals surface area contributed by atoms with Crippen molar-refractivity contribution in [1.29, 1.82) is 0 Å². The molecule has 3 heterocycles. The van der Waals surface area contributed by atoms with Crippen LogP contribution in [-0.4, -0.2) is 67.3 Å². The fourth-order valence-corrected chi connectivity index (χ4v) is 4.62. The average molecular weight is 527 g/mol. The van der Waals surface area contributed by atoms with Gasteiger partial charge in [-0.1, -0.05) is 12.1 Å². The number of likely N-dealkylation sites (tertiary alicyclic amines) is 1. The number of hydrogen-bond donors (Lipinski definition) is 0. The van der Waals surface area contributed by atoms with Gasteiger partial charge in [0.1, 0.15) is 11.6 Å². The second kappa shape index (κ2) is 11.6. The molecule has 7 nitrogen and oxygen atoms in total. The standard InChI is InChI=1S/C26H30F4N2O5/c1-34-21-5-2-18(3-6-21)15-35-17-23(26(28,29)30)37-24(33)32-12-10-25(11-13-32)9-8-19(16-36-25)22-7-4-20(27)14-31-22/h2-7,14,19,23H,8-13,15-17H2,1H3/t19?,23-/m1/s1. The number of piperidine rings is 1. The van der Waals surface area contributed by atoms with Crippen molar-refractivity contribution in [2.24, 2.45) is 0 Å². The number of halogens is 4. The maximum Gasteiger partial charge on any atom is 0.427 e. The molecule has 1 unspecified atom stereocenters. The van der Waals surface area contributed by atoms with Crippen LogP contribution in [0.2, 0.25) is 0 Å². The first-order valence-corrected chi connectivity index (χ1v) is 12.2. The van der Waals surface area contributed by atoms with Gasteiger partial charge in [0.05, 0.1) is 38.7 Å². The fourth-order valence-electron chi connectivity index (χ4n) is 4.62. The minimum atomic E-state index is -4.76. The number of ether oxygens (including phenoxy) is 4. The Kier molecular flexibility index (Phi) is 8.53. The van der Waals surface area contributed by atoms with E-state index in [0.29, 0.717) is 30.8 Å². The Balaban J connectivity index is 1.24. The number of methoxy groups -OCH3 is 1. The Morgan fingerprint density at radius 1 is 1.16 bits per heavy atom. The van der Waals surface area contributed by atoms with E-state index in [-0.39, 0.29) is 25.6 Å². The van der Waals surface area contributed by atoms with Gasteiger partial charge in [-0.05, 0) is 55.5 Å². The molecule has 0 saturated carbocycles. The van der Waals surface area contributed by atoms with Gasteiger partial charge in [0.25, 0.3) is 0 Å². The molecule has 2 fully saturated rings. The highest BCUT2D eigenvalue weighted by molar-refractivity contribution is 5.68. The van der Waals surface area contributed by atoms with E-state index >= 15 is 0 Å². The lowest BCUT2D eigenvalue weighted by molar-refractivity contribution is -0.220. The molecule has 4 rings (SSSR count). The number of alkyl halides is 3. The molecule has 1 aromatic carbocycles. The molecular weight excluding hydrogens is 496 g/mol. The lowest BCUT2D eigenvalue weighted by Gasteiger charge is -2.45. The van der Waals surface area contributed by atoms with E-state index in [9.17, 15) is 22.4 Å². The van der Waals surface area contributed by atoms with Crippen LogP contribution in [0.1, 0.15) is 42.9 Å². The summed E-state index contributed by atoms with van der Waals surface area (Å²) in [6, 6.07) is 9.75. The number of amides is 1. The molecule has 0 aliphatic carbocycles. The summed E-state index contributed by atoms with van der Waals surface area (Å²) in [5, 5.41) is 0. The molecule has 1 amide bonds. The van der Waals surface area contributed by atoms with E-state index in [0.717, 1.165) is 18.5 Å². The summed E-state index contributed by atoms with van der Waals surface area (Å²) in [7, 11) is 1.52. The second-order valence-electron chi connectivity index (χ2n) is 9.40. The SMILES string of the molecule is COc1ccc(COC[C@@H](OC(=O)N2CCC3(CCC(c4ccc(F)cn4)CO3)CC2)C(F)(F)F)cc1. The Bertz CT molecular complexity index is 1010. The molecule has 2 aliphatic rings. The number of benzene rings is 1. The average Bonchev–Trinajstić information content (AvgIpc) is 2.89. The van der Waals surface area contributed by atoms with Crippen molar-refractivity contribution in [3.63, 3.8) is 0 Å². The van der Waals surface area contributed by atoms with Crippen LogP contribution in [-0.2, 0) is 20.8 Å². The lowest BCUT2D eigenvalue weighted by atomic mass is 9.81. The van der Waals surface area contributed by atoms with Crippen LogP contribution < -0.4 is 4.74 Å². The van der Waals surface area contributed by atoms with Crippen molar-refractivity contribution in [2.45, 2.75) is 56.1 Å². The summed E-state index contributed by atoms with van der Waals surface area (Å²) in [5.41, 5.74) is 1.00. The highest BCUT2D eigenvalue weighted by Crippen LogP contribution is 2.39. The molecule has 2 saturated heterocycles. The minimum absolute atomic E-state index is 0.0553. The zero-order valence-electron chi connectivity index (χ0n) is 20.5. The number of carbonyl (C=O) groups excluding carboxylic acids is 1. The van der Waals surface area contributed by atoms with Gasteiger partial charge < -0.3 is 23.8 Å². The largest absolute Gasteiger partial charge is 0.497 e. The lowest BCUT2D eigenvalue weighted by Crippen LogP contribution is -2.51. The summed E-state index contributed by atoms with van der Waals surface area (Å²) in [6.45, 7) is 0.0169. The van der Waals surface area contributed by atoms with E-state index in [1.165, 1.54) is 24.3 Å². The number of pyridine rings is 1. The van der Waals surface area contributed by atoms with Crippen LogP contribution in [0, 0.1) is 5.82 Å². The van der Waals surface area contributed by atoms with Gasteiger partial charge in [-0.2, -0.15) is 13.2 Å². The fraction of sp³-hybridized carbons (Fsp3) is 0.538. The van der Waals surface area contributed by atoms with Gasteiger partial charge in [-0.3, -0.25) is 4.98 Å². The predicted octanol–water partition coefficient (Wildman–Crippen LogP) is 5.24. The summed E-state index contributed by atoms with van der Waals surface area (Å²) in [5.74, 6) is 0.282. The molecule has 0 radical (unpaired) electrons. The zero-order chi connectivity index (χ0) is 26.5. The van der Waals surface area contributed by atoms with E-state index in [4.69, 9.17) is 18.9 Å². The molecule has 37 heavy (non-hydrogen) atoms. The molecule has 2 atom stereocenters. The monoisotopic (exact) mass is 526 g/mol. The van der Waals surface area contributed by atoms with E-state index in [1.807, 2.05) is 0 Å². The van der Waals surface area contributed by atoms with Crippen LogP contribution in [0.3, 0.4) is 0 Å². The maximum absolute atomic E-state index is 13.5. The molecular formula is C26H30F4N2O5. The molecule has 11 heteroatoms. The predicted molar refractivity (Wildman–Crippen MR) is 125 cm³/mol. The topological polar surface area (TPSA) is 70.1 Å².